The van der Waals surface area contributed by atoms with Gasteiger partial charge in [-0.2, -0.15) is 13.2 Å². The normalized spacial score (nSPS) is 19.0. The van der Waals surface area contributed by atoms with E-state index in [-0.39, 0.29) is 34.4 Å². The highest BCUT2D eigenvalue weighted by Crippen LogP contribution is 2.51. The molecule has 228 valence electrons. The molecule has 1 saturated carbocycles. The third-order valence-electron chi connectivity index (χ3n) is 7.18. The molecule has 0 spiro atoms. The van der Waals surface area contributed by atoms with E-state index >= 15 is 0 Å². The van der Waals surface area contributed by atoms with Gasteiger partial charge in [-0.15, -0.1) is 0 Å². The summed E-state index contributed by atoms with van der Waals surface area (Å²) in [6.45, 7) is -0.423. The van der Waals surface area contributed by atoms with Crippen LogP contribution in [0.1, 0.15) is 41.4 Å². The van der Waals surface area contributed by atoms with Crippen molar-refractivity contribution in [3.8, 4) is 28.5 Å². The van der Waals surface area contributed by atoms with Gasteiger partial charge in [0.2, 0.25) is 5.54 Å². The lowest BCUT2D eigenvalue weighted by Crippen LogP contribution is -2.57. The molecule has 5 rings (SSSR count). The zero-order valence-electron chi connectivity index (χ0n) is 22.9. The molecule has 2 atom stereocenters. The topological polar surface area (TPSA) is 139 Å². The van der Waals surface area contributed by atoms with Gasteiger partial charge in [0.25, 0.3) is 5.91 Å². The molecule has 1 aromatic heterocycles. The van der Waals surface area contributed by atoms with Crippen LogP contribution < -0.4 is 24.8 Å². The van der Waals surface area contributed by atoms with Crippen molar-refractivity contribution in [3.05, 3.63) is 71.2 Å². The van der Waals surface area contributed by atoms with E-state index in [2.05, 4.69) is 10.3 Å². The molecule has 10 nitrogen and oxygen atoms in total. The van der Waals surface area contributed by atoms with Gasteiger partial charge in [-0.05, 0) is 68.3 Å². The monoisotopic (exact) mass is 605 g/mol. The smallest absolute Gasteiger partial charge is 0.419 e. The maximum Gasteiger partial charge on any atom is 0.419 e. The first-order valence-electron chi connectivity index (χ1n) is 13.1. The van der Waals surface area contributed by atoms with E-state index in [1.54, 1.807) is 6.07 Å². The molecule has 43 heavy (non-hydrogen) atoms. The fourth-order valence-corrected chi connectivity index (χ4v) is 4.64. The van der Waals surface area contributed by atoms with Crippen molar-refractivity contribution in [3.63, 3.8) is 0 Å². The number of hydrogen-bond donors (Lipinski definition) is 4. The van der Waals surface area contributed by atoms with Crippen LogP contribution in [0.3, 0.4) is 0 Å². The largest absolute Gasteiger partial charge is 0.493 e. The summed E-state index contributed by atoms with van der Waals surface area (Å²) in [5.41, 5.74) is -6.11. The molecule has 0 bridgehead atoms. The zero-order chi connectivity index (χ0) is 31.2. The standard InChI is InChI=1S/C29H27F4N3O7/c1-27(40,13-34-25(37)16-5-10-20(21(11-16)41-2)43-18-8-9-18)22-12-19-24(23(35-22)15-3-6-17(30)7-4-15)42-14-28(19,29(31,32)33)36-26(38)39/h3-7,10-12,18,36,40H,8-9,13-14H2,1-2H3,(H,34,37)(H,38,39)/t27-,28-/m0/s1. The van der Waals surface area contributed by atoms with E-state index in [4.69, 9.17) is 14.2 Å². The highest BCUT2D eigenvalue weighted by Gasteiger charge is 2.63. The van der Waals surface area contributed by atoms with Crippen molar-refractivity contribution in [2.45, 2.75) is 43.2 Å². The molecule has 2 heterocycles. The summed E-state index contributed by atoms with van der Waals surface area (Å²) in [5, 5.41) is 24.8. The summed E-state index contributed by atoms with van der Waals surface area (Å²) in [4.78, 5) is 28.8. The molecule has 14 heteroatoms. The van der Waals surface area contributed by atoms with Crippen molar-refractivity contribution < 1.29 is 51.6 Å². The number of benzene rings is 2. The molecule has 0 unspecified atom stereocenters. The van der Waals surface area contributed by atoms with E-state index in [0.717, 1.165) is 31.0 Å². The molecule has 2 aromatic carbocycles. The Kier molecular flexibility index (Phi) is 7.59. The number of fused-ring (bicyclic) bond motifs is 1. The molecule has 1 aliphatic heterocycles. The Hall–Kier alpha value is -4.59. The van der Waals surface area contributed by atoms with E-state index in [9.17, 15) is 37.4 Å². The number of methoxy groups -OCH3 is 1. The summed E-state index contributed by atoms with van der Waals surface area (Å²) in [5.74, 6) is -0.841. The maximum atomic E-state index is 14.5. The summed E-state index contributed by atoms with van der Waals surface area (Å²) in [6, 6.07) is 10.0. The molecule has 3 aromatic rings. The number of halogens is 4. The molecule has 2 amide bonds. The molecule has 0 saturated heterocycles. The molecule has 0 radical (unpaired) electrons. The second-order valence-corrected chi connectivity index (χ2v) is 10.5. The van der Waals surface area contributed by atoms with Gasteiger partial charge in [-0.1, -0.05) is 0 Å². The number of carbonyl (C=O) groups excluding carboxylic acids is 1. The molecular formula is C29H27F4N3O7. The number of ether oxygens (including phenoxy) is 3. The fraction of sp³-hybridized carbons (Fsp3) is 0.345. The molecule has 1 aliphatic carbocycles. The number of nitrogens with zero attached hydrogens (tertiary/aromatic N) is 1. The lowest BCUT2D eigenvalue weighted by molar-refractivity contribution is -0.200. The summed E-state index contributed by atoms with van der Waals surface area (Å²) >= 11 is 0. The number of carboxylic acid groups (broad SMARTS) is 1. The van der Waals surface area contributed by atoms with Crippen LogP contribution in [0.5, 0.6) is 17.2 Å². The van der Waals surface area contributed by atoms with Gasteiger partial charge >= 0.3 is 12.3 Å². The molecule has 1 fully saturated rings. The Labute approximate surface area is 242 Å². The van der Waals surface area contributed by atoms with E-state index in [0.29, 0.717) is 11.5 Å². The second kappa shape index (κ2) is 10.9. The maximum absolute atomic E-state index is 14.5. The van der Waals surface area contributed by atoms with Crippen LogP contribution in [0.4, 0.5) is 22.4 Å². The minimum absolute atomic E-state index is 0.0930. The summed E-state index contributed by atoms with van der Waals surface area (Å²) < 4.78 is 73.5. The van der Waals surface area contributed by atoms with Crippen molar-refractivity contribution >= 4 is 12.0 Å². The highest BCUT2D eigenvalue weighted by molar-refractivity contribution is 5.95. The number of carbonyl (C=O) groups is 2. The van der Waals surface area contributed by atoms with Crippen molar-refractivity contribution in [2.24, 2.45) is 0 Å². The predicted molar refractivity (Wildman–Crippen MR) is 143 cm³/mol. The van der Waals surface area contributed by atoms with Crippen LogP contribution in [-0.2, 0) is 11.1 Å². The average Bonchev–Trinajstić information content (AvgIpc) is 3.69. The van der Waals surface area contributed by atoms with E-state index in [1.165, 1.54) is 43.6 Å². The highest BCUT2D eigenvalue weighted by atomic mass is 19.4. The Balaban J connectivity index is 1.50. The SMILES string of the molecule is COc1cc(C(=O)NC[C@](C)(O)c2cc3c(c(-c4ccc(F)cc4)n2)OC[C@@]3(NC(=O)O)C(F)(F)F)ccc1OC1CC1. The van der Waals surface area contributed by atoms with Crippen LogP contribution in [0.2, 0.25) is 0 Å². The van der Waals surface area contributed by atoms with Gasteiger partial charge in [0.1, 0.15) is 23.7 Å². The number of alkyl halides is 3. The Morgan fingerprint density at radius 2 is 1.81 bits per heavy atom. The quantitative estimate of drug-likeness (QED) is 0.262. The van der Waals surface area contributed by atoms with Gasteiger partial charge in [0.05, 0.1) is 25.5 Å². The van der Waals surface area contributed by atoms with Crippen LogP contribution in [-0.4, -0.2) is 59.7 Å². The third-order valence-corrected chi connectivity index (χ3v) is 7.18. The fourth-order valence-electron chi connectivity index (χ4n) is 4.64. The van der Waals surface area contributed by atoms with E-state index < -0.39 is 53.8 Å². The van der Waals surface area contributed by atoms with Crippen LogP contribution in [0.25, 0.3) is 11.3 Å². The number of pyridine rings is 1. The first kappa shape index (κ1) is 29.9. The Morgan fingerprint density at radius 1 is 1.12 bits per heavy atom. The molecular weight excluding hydrogens is 578 g/mol. The molecule has 4 N–H and O–H groups in total. The first-order chi connectivity index (χ1) is 20.2. The van der Waals surface area contributed by atoms with Crippen LogP contribution in [0.15, 0.2) is 48.5 Å². The van der Waals surface area contributed by atoms with Crippen molar-refractivity contribution in [1.29, 1.82) is 0 Å². The predicted octanol–water partition coefficient (Wildman–Crippen LogP) is 4.49. The molecule has 2 aliphatic rings. The van der Waals surface area contributed by atoms with Crippen LogP contribution in [0, 0.1) is 5.82 Å². The lowest BCUT2D eigenvalue weighted by atomic mass is 9.87. The number of hydrogen-bond acceptors (Lipinski definition) is 7. The second-order valence-electron chi connectivity index (χ2n) is 10.5. The minimum atomic E-state index is -5.16. The van der Waals surface area contributed by atoms with Gasteiger partial charge in [0, 0.05) is 16.7 Å². The minimum Gasteiger partial charge on any atom is -0.493 e. The van der Waals surface area contributed by atoms with Crippen molar-refractivity contribution in [2.75, 3.05) is 20.3 Å². The number of aromatic nitrogens is 1. The number of amides is 2. The van der Waals surface area contributed by atoms with Gasteiger partial charge in [-0.25, -0.2) is 14.2 Å². The first-order valence-corrected chi connectivity index (χ1v) is 13.1. The summed E-state index contributed by atoms with van der Waals surface area (Å²) in [7, 11) is 1.42. The van der Waals surface area contributed by atoms with E-state index in [1.807, 2.05) is 0 Å². The number of rotatable bonds is 9. The Morgan fingerprint density at radius 3 is 2.42 bits per heavy atom. The van der Waals surface area contributed by atoms with Gasteiger partial charge in [-0.3, -0.25) is 4.79 Å². The summed E-state index contributed by atoms with van der Waals surface area (Å²) in [6.07, 6.45) is -5.19. The zero-order valence-corrected chi connectivity index (χ0v) is 22.9. The number of aliphatic hydroxyl groups is 1. The van der Waals surface area contributed by atoms with Gasteiger partial charge < -0.3 is 35.1 Å². The van der Waals surface area contributed by atoms with Gasteiger partial charge in [0.15, 0.2) is 17.2 Å². The third kappa shape index (κ3) is 5.87. The van der Waals surface area contributed by atoms with Crippen molar-refractivity contribution in [1.82, 2.24) is 15.6 Å². The van der Waals surface area contributed by atoms with Crippen LogP contribution >= 0.6 is 0 Å². The number of nitrogens with one attached hydrogen (secondary N) is 2. The lowest BCUT2D eigenvalue weighted by Gasteiger charge is -2.31. The Bertz CT molecular complexity index is 1560. The average molecular weight is 606 g/mol.